The molecule has 0 aliphatic rings. The van der Waals surface area contributed by atoms with Crippen LogP contribution in [0.25, 0.3) is 0 Å². The van der Waals surface area contributed by atoms with Crippen LogP contribution >= 0.6 is 16.3 Å². The molecule has 0 spiro atoms. The minimum atomic E-state index is 1.54. The van der Waals surface area contributed by atoms with E-state index in [4.69, 9.17) is 0 Å². The van der Waals surface area contributed by atoms with Gasteiger partial charge in [0.1, 0.15) is 16.3 Å². The maximum atomic E-state index is 4.40. The molecule has 32 valence electrons. The van der Waals surface area contributed by atoms with Gasteiger partial charge in [-0.2, -0.15) is 5.06 Å². The van der Waals surface area contributed by atoms with E-state index in [9.17, 15) is 0 Å². The molecule has 0 aromatic rings. The van der Waals surface area contributed by atoms with Gasteiger partial charge in [-0.05, 0) is 0 Å². The fraction of sp³-hybridized carbons (Fsp3) is 1.00. The highest BCUT2D eigenvalue weighted by Crippen LogP contribution is 1.82. The molecule has 0 atom stereocenters. The Morgan fingerprint density at radius 1 is 1.60 bits per heavy atom. The van der Waals surface area contributed by atoms with Crippen LogP contribution in [-0.4, -0.2) is 19.2 Å². The molecule has 0 aliphatic carbocycles. The summed E-state index contributed by atoms with van der Waals surface area (Å²) in [6, 6.07) is 0. The Bertz CT molecular complexity index is 23.6. The molecule has 0 N–H and O–H groups in total. The Morgan fingerprint density at radius 3 is 1.80 bits per heavy atom. The van der Waals surface area contributed by atoms with Crippen LogP contribution in [0.5, 0.6) is 0 Å². The summed E-state index contributed by atoms with van der Waals surface area (Å²) in [5.74, 6) is 0. The lowest BCUT2D eigenvalue weighted by Gasteiger charge is -1.97. The quantitative estimate of drug-likeness (QED) is 0.499. The van der Waals surface area contributed by atoms with Crippen molar-refractivity contribution in [1.82, 2.24) is 5.06 Å². The van der Waals surface area contributed by atoms with Crippen molar-refractivity contribution in [2.24, 2.45) is 0 Å². The van der Waals surface area contributed by atoms with E-state index in [0.29, 0.717) is 0 Å². The second kappa shape index (κ2) is 2.63. The van der Waals surface area contributed by atoms with Crippen molar-refractivity contribution < 1.29 is 3.93 Å². The molecule has 0 heterocycles. The average Bonchev–Trinajstić information content (AvgIpc) is 1.38. The zero-order valence-electron chi connectivity index (χ0n) is 3.23. The maximum Gasteiger partial charge on any atom is 0.125 e. The zero-order chi connectivity index (χ0) is 4.28. The molecule has 0 aliphatic heterocycles. The lowest BCUT2D eigenvalue weighted by Crippen LogP contribution is -2.03. The van der Waals surface area contributed by atoms with Crippen LogP contribution in [-0.2, 0) is 3.93 Å². The molecule has 2 nitrogen and oxygen atoms in total. The fourth-order valence-electron chi connectivity index (χ4n) is 0. The van der Waals surface area contributed by atoms with Crippen molar-refractivity contribution in [2.45, 2.75) is 0 Å². The largest absolute Gasteiger partial charge is 0.221 e. The minimum Gasteiger partial charge on any atom is -0.221 e. The summed E-state index contributed by atoms with van der Waals surface area (Å²) in [5.41, 5.74) is 0. The minimum absolute atomic E-state index is 1.54. The maximum absolute atomic E-state index is 4.40. The molecule has 5 heavy (non-hydrogen) atoms. The molecule has 0 bridgehead atoms. The molecule has 0 saturated carbocycles. The molecule has 0 amide bonds. The number of nitrogens with zero attached hydrogens (tertiary/aromatic N) is 1. The summed E-state index contributed by atoms with van der Waals surface area (Å²) in [6.07, 6.45) is 0. The lowest BCUT2D eigenvalue weighted by atomic mass is 11.2. The van der Waals surface area contributed by atoms with Crippen LogP contribution < -0.4 is 0 Å². The topological polar surface area (TPSA) is 12.5 Å². The van der Waals surface area contributed by atoms with E-state index in [1.807, 2.05) is 0 Å². The van der Waals surface area contributed by atoms with E-state index >= 15 is 0 Å². The summed E-state index contributed by atoms with van der Waals surface area (Å²) < 4.78 is 4.40. The highest BCUT2D eigenvalue weighted by molar-refractivity contribution is 9.05. The third-order valence-corrected chi connectivity index (χ3v) is 0.717. The predicted octanol–water partition coefficient (Wildman–Crippen LogP) is 0.789. The highest BCUT2D eigenvalue weighted by atomic mass is 79.9. The van der Waals surface area contributed by atoms with Gasteiger partial charge in [-0.1, -0.05) is 0 Å². The van der Waals surface area contributed by atoms with Gasteiger partial charge >= 0.3 is 0 Å². The van der Waals surface area contributed by atoms with Gasteiger partial charge in [0.25, 0.3) is 0 Å². The number of hydrogen-bond acceptors (Lipinski definition) is 2. The van der Waals surface area contributed by atoms with E-state index < -0.39 is 0 Å². The SMILES string of the molecule is CN(C)OBr. The summed E-state index contributed by atoms with van der Waals surface area (Å²) in [6.45, 7) is 0. The molecule has 0 radical (unpaired) electrons. The van der Waals surface area contributed by atoms with Crippen molar-refractivity contribution in [3.05, 3.63) is 0 Å². The van der Waals surface area contributed by atoms with Gasteiger partial charge < -0.3 is 0 Å². The van der Waals surface area contributed by atoms with Gasteiger partial charge in [0.2, 0.25) is 0 Å². The van der Waals surface area contributed by atoms with Crippen molar-refractivity contribution in [1.29, 1.82) is 0 Å². The van der Waals surface area contributed by atoms with E-state index in [0.717, 1.165) is 0 Å². The normalized spacial score (nSPS) is 9.60. The third-order valence-electron chi connectivity index (χ3n) is 0.138. The van der Waals surface area contributed by atoms with Gasteiger partial charge in [-0.3, -0.25) is 0 Å². The first-order valence-electron chi connectivity index (χ1n) is 1.23. The predicted molar refractivity (Wildman–Crippen MR) is 23.7 cm³/mol. The Balaban J connectivity index is 2.54. The Morgan fingerprint density at radius 2 is 1.80 bits per heavy atom. The first-order valence-corrected chi connectivity index (χ1v) is 1.88. The smallest absolute Gasteiger partial charge is 0.125 e. The summed E-state index contributed by atoms with van der Waals surface area (Å²) in [7, 11) is 3.57. The van der Waals surface area contributed by atoms with Gasteiger partial charge in [0.05, 0.1) is 0 Å². The fourth-order valence-corrected chi connectivity index (χ4v) is 0. The zero-order valence-corrected chi connectivity index (χ0v) is 4.82. The van der Waals surface area contributed by atoms with Gasteiger partial charge in [0.15, 0.2) is 0 Å². The van der Waals surface area contributed by atoms with Crippen LogP contribution in [0.15, 0.2) is 0 Å². The molecular weight excluding hydrogens is 134 g/mol. The molecule has 0 aromatic carbocycles. The van der Waals surface area contributed by atoms with E-state index in [1.165, 1.54) is 0 Å². The second-order valence-electron chi connectivity index (χ2n) is 0.881. The number of hydrogen-bond donors (Lipinski definition) is 0. The molecule has 0 saturated heterocycles. The first kappa shape index (κ1) is 5.40. The van der Waals surface area contributed by atoms with Crippen LogP contribution in [0.4, 0.5) is 0 Å². The summed E-state index contributed by atoms with van der Waals surface area (Å²) in [4.78, 5) is 0. The molecule has 0 aromatic heterocycles. The summed E-state index contributed by atoms with van der Waals surface area (Å²) in [5, 5.41) is 1.54. The first-order chi connectivity index (χ1) is 2.27. The van der Waals surface area contributed by atoms with E-state index in [-0.39, 0.29) is 0 Å². The molecule has 0 rings (SSSR count). The second-order valence-corrected chi connectivity index (χ2v) is 1.17. The van der Waals surface area contributed by atoms with Crippen molar-refractivity contribution in [2.75, 3.05) is 14.1 Å². The van der Waals surface area contributed by atoms with Crippen LogP contribution in [0, 0.1) is 0 Å². The molecule has 0 unspecified atom stereocenters. The van der Waals surface area contributed by atoms with Crippen LogP contribution in [0.1, 0.15) is 0 Å². The molecule has 3 heteroatoms. The van der Waals surface area contributed by atoms with Crippen LogP contribution in [0.2, 0.25) is 0 Å². The standard InChI is InChI=1S/C2H6BrNO/c1-4(2)5-3/h1-2H3. The average molecular weight is 140 g/mol. The Hall–Kier alpha value is 0.400. The molecular formula is C2H6BrNO. The van der Waals surface area contributed by atoms with E-state index in [1.54, 1.807) is 19.2 Å². The van der Waals surface area contributed by atoms with Crippen molar-refractivity contribution >= 4 is 16.3 Å². The number of hydroxylamine groups is 2. The lowest BCUT2D eigenvalue weighted by molar-refractivity contribution is 0.0364. The van der Waals surface area contributed by atoms with Crippen molar-refractivity contribution in [3.8, 4) is 0 Å². The van der Waals surface area contributed by atoms with Gasteiger partial charge in [-0.25, -0.2) is 3.93 Å². The van der Waals surface area contributed by atoms with E-state index in [2.05, 4.69) is 20.2 Å². The Kier molecular flexibility index (Phi) is 2.84. The number of halogens is 1. The Labute approximate surface area is 40.1 Å². The van der Waals surface area contributed by atoms with Crippen molar-refractivity contribution in [3.63, 3.8) is 0 Å². The van der Waals surface area contributed by atoms with Gasteiger partial charge in [-0.15, -0.1) is 0 Å². The number of rotatable bonds is 1. The molecule has 0 fully saturated rings. The van der Waals surface area contributed by atoms with Gasteiger partial charge in [0, 0.05) is 14.1 Å². The summed E-state index contributed by atoms with van der Waals surface area (Å²) >= 11 is 2.74. The monoisotopic (exact) mass is 139 g/mol. The van der Waals surface area contributed by atoms with Crippen LogP contribution in [0.3, 0.4) is 0 Å². The highest BCUT2D eigenvalue weighted by Gasteiger charge is 1.73. The third kappa shape index (κ3) is 4.40.